The molecule has 12 heteroatoms. The van der Waals surface area contributed by atoms with Crippen LogP contribution >= 0.6 is 0 Å². The third-order valence-electron chi connectivity index (χ3n) is 7.01. The van der Waals surface area contributed by atoms with Crippen LogP contribution in [0.1, 0.15) is 53.1 Å². The predicted octanol–water partition coefficient (Wildman–Crippen LogP) is 6.68. The fraction of sp³-hybridized carbons (Fsp3) is 0.462. The van der Waals surface area contributed by atoms with Gasteiger partial charge in [-0.2, -0.15) is 19.0 Å². The van der Waals surface area contributed by atoms with E-state index in [0.29, 0.717) is 40.2 Å². The van der Waals surface area contributed by atoms with Crippen LogP contribution in [0.25, 0.3) is 11.2 Å². The van der Waals surface area contributed by atoms with Crippen LogP contribution in [0.2, 0.25) is 16.6 Å². The van der Waals surface area contributed by atoms with Gasteiger partial charge in [0.05, 0.1) is 19.0 Å². The number of aromatic amines is 1. The van der Waals surface area contributed by atoms with E-state index in [1.54, 1.807) is 12.4 Å². The number of alkyl halides is 2. The average molecular weight is 544 g/mol. The molecule has 3 aromatic heterocycles. The highest BCUT2D eigenvalue weighted by Gasteiger charge is 2.45. The summed E-state index contributed by atoms with van der Waals surface area (Å²) >= 11 is 0. The molecule has 0 aliphatic heterocycles. The molecule has 0 amide bonds. The van der Waals surface area contributed by atoms with Crippen molar-refractivity contribution in [2.45, 2.75) is 70.8 Å². The molecule has 0 spiro atoms. The van der Waals surface area contributed by atoms with Gasteiger partial charge >= 0.3 is 6.61 Å². The number of hydrogen-bond acceptors (Lipinski definition) is 7. The number of benzene rings is 1. The van der Waals surface area contributed by atoms with Crippen LogP contribution in [-0.2, 0) is 4.43 Å². The first kappa shape index (κ1) is 27.6. The molecular weight excluding hydrogens is 508 g/mol. The number of nitrogens with zero attached hydrogens (tertiary/aromatic N) is 5. The van der Waals surface area contributed by atoms with Gasteiger partial charge in [-0.1, -0.05) is 71.9 Å². The monoisotopic (exact) mass is 543 g/mol. The minimum Gasteiger partial charge on any atom is -0.417 e. The zero-order chi connectivity index (χ0) is 27.4. The third-order valence-corrected chi connectivity index (χ3v) is 13.1. The Morgan fingerprint density at radius 3 is 2.29 bits per heavy atom. The second kappa shape index (κ2) is 11.6. The van der Waals surface area contributed by atoms with Crippen LogP contribution in [0.4, 0.5) is 20.4 Å². The average Bonchev–Trinajstić information content (AvgIpc) is 3.48. The quantitative estimate of drug-likeness (QED) is 0.192. The number of anilines is 2. The number of aromatic nitrogens is 6. The van der Waals surface area contributed by atoms with Gasteiger partial charge in [-0.05, 0) is 22.2 Å². The molecule has 0 saturated heterocycles. The van der Waals surface area contributed by atoms with Gasteiger partial charge in [0.25, 0.3) is 0 Å². The molecule has 0 aliphatic carbocycles. The lowest BCUT2D eigenvalue weighted by Crippen LogP contribution is -2.48. The van der Waals surface area contributed by atoms with E-state index < -0.39 is 14.9 Å². The Hall–Kier alpha value is -3.38. The second-order valence-corrected chi connectivity index (χ2v) is 15.7. The summed E-state index contributed by atoms with van der Waals surface area (Å²) in [5.41, 5.74) is 3.57. The van der Waals surface area contributed by atoms with Gasteiger partial charge in [-0.3, -0.25) is 0 Å². The van der Waals surface area contributed by atoms with Crippen molar-refractivity contribution >= 4 is 31.1 Å². The van der Waals surface area contributed by atoms with E-state index in [1.165, 1.54) is 6.07 Å². The van der Waals surface area contributed by atoms with E-state index in [-0.39, 0.29) is 17.7 Å². The van der Waals surface area contributed by atoms with E-state index >= 15 is 0 Å². The van der Waals surface area contributed by atoms with Crippen molar-refractivity contribution in [2.75, 3.05) is 11.9 Å². The Bertz CT molecular complexity index is 1310. The maximum atomic E-state index is 12.5. The van der Waals surface area contributed by atoms with Gasteiger partial charge in [0, 0.05) is 6.07 Å². The SMILES string of the molecule is CC(C)[Si](OC[C@@H](c1ccccc1)n1ncc2ncc(Nc3cc(OC(F)F)[nH]n3)nc21)(C(C)C)C(C)C. The van der Waals surface area contributed by atoms with Crippen LogP contribution in [0.5, 0.6) is 5.88 Å². The number of H-pyrrole nitrogens is 1. The minimum absolute atomic E-state index is 0.157. The topological polar surface area (TPSA) is 103 Å². The minimum atomic E-state index is -2.95. The van der Waals surface area contributed by atoms with Crippen molar-refractivity contribution in [3.63, 3.8) is 0 Å². The maximum absolute atomic E-state index is 12.5. The van der Waals surface area contributed by atoms with Crippen molar-refractivity contribution in [1.82, 2.24) is 29.9 Å². The summed E-state index contributed by atoms with van der Waals surface area (Å²) in [6, 6.07) is 11.2. The first-order valence-electron chi connectivity index (χ1n) is 12.8. The first-order chi connectivity index (χ1) is 18.1. The molecule has 4 rings (SSSR count). The zero-order valence-corrected chi connectivity index (χ0v) is 23.5. The lowest BCUT2D eigenvalue weighted by atomic mass is 10.1. The molecule has 0 saturated carbocycles. The normalized spacial score (nSPS) is 13.3. The van der Waals surface area contributed by atoms with Crippen LogP contribution < -0.4 is 10.1 Å². The second-order valence-electron chi connectivity index (χ2n) is 10.2. The molecule has 9 nitrogen and oxygen atoms in total. The standard InChI is InChI=1S/C26H35F2N7O2Si/c1-16(2)38(17(3)4,18(5)6)36-15-21(19-10-8-7-9-11-19)35-25-20(13-30-35)29-14-23(32-25)31-22-12-24(34-33-22)37-26(27)28/h7-14,16-18,21,26H,15H2,1-6H3,(H2,31,32,33,34)/t21-/m0/s1. The van der Waals surface area contributed by atoms with E-state index in [4.69, 9.17) is 9.41 Å². The molecule has 1 atom stereocenters. The summed E-state index contributed by atoms with van der Waals surface area (Å²) in [5.74, 6) is 0.498. The highest BCUT2D eigenvalue weighted by molar-refractivity contribution is 6.77. The number of ether oxygens (including phenoxy) is 1. The summed E-state index contributed by atoms with van der Waals surface area (Å²) in [7, 11) is -2.14. The van der Waals surface area contributed by atoms with Gasteiger partial charge in [-0.15, -0.1) is 0 Å². The van der Waals surface area contributed by atoms with E-state index in [1.807, 2.05) is 22.9 Å². The molecule has 1 aromatic carbocycles. The predicted molar refractivity (Wildman–Crippen MR) is 145 cm³/mol. The largest absolute Gasteiger partial charge is 0.417 e. The van der Waals surface area contributed by atoms with Gasteiger partial charge < -0.3 is 14.5 Å². The van der Waals surface area contributed by atoms with Gasteiger partial charge in [-0.25, -0.2) is 19.7 Å². The number of rotatable bonds is 12. The Balaban J connectivity index is 1.68. The van der Waals surface area contributed by atoms with Gasteiger partial charge in [0.15, 0.2) is 25.6 Å². The molecule has 38 heavy (non-hydrogen) atoms. The Kier molecular flexibility index (Phi) is 8.41. The zero-order valence-electron chi connectivity index (χ0n) is 22.5. The lowest BCUT2D eigenvalue weighted by Gasteiger charge is -2.43. The molecule has 3 heterocycles. The van der Waals surface area contributed by atoms with Gasteiger partial charge in [0.2, 0.25) is 5.88 Å². The fourth-order valence-corrected chi connectivity index (χ4v) is 10.9. The molecule has 0 bridgehead atoms. The Labute approximate surface area is 222 Å². The van der Waals surface area contributed by atoms with Crippen LogP contribution in [0, 0.1) is 0 Å². The van der Waals surface area contributed by atoms with Crippen molar-refractivity contribution < 1.29 is 17.9 Å². The highest BCUT2D eigenvalue weighted by Crippen LogP contribution is 2.43. The molecule has 0 unspecified atom stereocenters. The van der Waals surface area contributed by atoms with Crippen LogP contribution in [0.15, 0.2) is 48.8 Å². The maximum Gasteiger partial charge on any atom is 0.388 e. The van der Waals surface area contributed by atoms with E-state index in [2.05, 4.69) is 84.0 Å². The summed E-state index contributed by atoms with van der Waals surface area (Å²) in [6.45, 7) is 11.1. The van der Waals surface area contributed by atoms with Crippen molar-refractivity contribution in [1.29, 1.82) is 0 Å². The van der Waals surface area contributed by atoms with Crippen LogP contribution in [-0.4, -0.2) is 51.5 Å². The Morgan fingerprint density at radius 1 is 0.974 bits per heavy atom. The third kappa shape index (κ3) is 5.70. The molecule has 0 radical (unpaired) electrons. The summed E-state index contributed by atoms with van der Waals surface area (Å²) < 4.78 is 38.2. The molecule has 4 aromatic rings. The number of hydrogen-bond donors (Lipinski definition) is 2. The Morgan fingerprint density at radius 2 is 1.66 bits per heavy atom. The van der Waals surface area contributed by atoms with Crippen LogP contribution in [0.3, 0.4) is 0 Å². The molecular formula is C26H35F2N7O2Si. The molecule has 2 N–H and O–H groups in total. The smallest absolute Gasteiger partial charge is 0.388 e. The van der Waals surface area contributed by atoms with Gasteiger partial charge in [0.1, 0.15) is 11.6 Å². The summed E-state index contributed by atoms with van der Waals surface area (Å²) in [5, 5.41) is 14.0. The van der Waals surface area contributed by atoms with Crippen molar-refractivity contribution in [3.8, 4) is 5.88 Å². The lowest BCUT2D eigenvalue weighted by molar-refractivity contribution is -0.0528. The fourth-order valence-electron chi connectivity index (χ4n) is 5.47. The van der Waals surface area contributed by atoms with E-state index in [9.17, 15) is 8.78 Å². The number of fused-ring (bicyclic) bond motifs is 1. The number of halogens is 2. The first-order valence-corrected chi connectivity index (χ1v) is 14.9. The van der Waals surface area contributed by atoms with Crippen molar-refractivity contribution in [3.05, 3.63) is 54.4 Å². The van der Waals surface area contributed by atoms with E-state index in [0.717, 1.165) is 5.56 Å². The molecule has 0 aliphatic rings. The highest BCUT2D eigenvalue weighted by atomic mass is 28.4. The van der Waals surface area contributed by atoms with Crippen molar-refractivity contribution in [2.24, 2.45) is 0 Å². The molecule has 0 fully saturated rings. The summed E-state index contributed by atoms with van der Waals surface area (Å²) in [6.07, 6.45) is 3.22. The summed E-state index contributed by atoms with van der Waals surface area (Å²) in [4.78, 5) is 9.23. The number of nitrogens with one attached hydrogen (secondary N) is 2. The molecule has 204 valence electrons.